The second-order valence-corrected chi connectivity index (χ2v) is 4.11. The van der Waals surface area contributed by atoms with E-state index >= 15 is 0 Å². The number of rotatable bonds is 4. The second-order valence-electron chi connectivity index (χ2n) is 4.11. The highest BCUT2D eigenvalue weighted by Gasteiger charge is 2.62. The average molecular weight is 292 g/mol. The summed E-state index contributed by atoms with van der Waals surface area (Å²) in [4.78, 5) is 11.6. The van der Waals surface area contributed by atoms with Crippen LogP contribution in [0.15, 0.2) is 18.2 Å². The van der Waals surface area contributed by atoms with E-state index in [1.807, 2.05) is 0 Å². The van der Waals surface area contributed by atoms with E-state index in [2.05, 4.69) is 4.74 Å². The predicted octanol–water partition coefficient (Wildman–Crippen LogP) is 2.32. The van der Waals surface area contributed by atoms with Crippen LogP contribution in [-0.2, 0) is 15.1 Å². The standard InChI is InChI=1S/C13H15F3O4/c1-4-20-11(17)12(18,13(14,15)16)9-5-6-10(19-3)8(2)7-9/h5-7,18H,4H2,1-3H3/t12-/m0/s1. The molecular weight excluding hydrogens is 277 g/mol. The summed E-state index contributed by atoms with van der Waals surface area (Å²) in [6.45, 7) is 2.59. The highest BCUT2D eigenvalue weighted by Crippen LogP contribution is 2.41. The molecule has 4 nitrogen and oxygen atoms in total. The lowest BCUT2D eigenvalue weighted by atomic mass is 9.91. The van der Waals surface area contributed by atoms with Crippen molar-refractivity contribution in [2.24, 2.45) is 0 Å². The summed E-state index contributed by atoms with van der Waals surface area (Å²) in [5, 5.41) is 9.87. The molecular formula is C13H15F3O4. The van der Waals surface area contributed by atoms with Crippen LogP contribution in [0.3, 0.4) is 0 Å². The molecule has 1 aromatic rings. The summed E-state index contributed by atoms with van der Waals surface area (Å²) in [7, 11) is 1.36. The fourth-order valence-corrected chi connectivity index (χ4v) is 1.74. The van der Waals surface area contributed by atoms with Crippen molar-refractivity contribution in [1.82, 2.24) is 0 Å². The number of hydrogen-bond acceptors (Lipinski definition) is 4. The molecule has 0 aliphatic heterocycles. The highest BCUT2D eigenvalue weighted by atomic mass is 19.4. The molecule has 1 N–H and O–H groups in total. The lowest BCUT2D eigenvalue weighted by Gasteiger charge is -2.28. The minimum Gasteiger partial charge on any atom is -0.496 e. The number of benzene rings is 1. The number of alkyl halides is 3. The SMILES string of the molecule is CCOC(=O)[C@@](O)(c1ccc(OC)c(C)c1)C(F)(F)F. The van der Waals surface area contributed by atoms with Gasteiger partial charge in [0.1, 0.15) is 5.75 Å². The van der Waals surface area contributed by atoms with Gasteiger partial charge in [0.15, 0.2) is 0 Å². The molecule has 1 aromatic carbocycles. The molecule has 1 rings (SSSR count). The van der Waals surface area contributed by atoms with Crippen LogP contribution in [0.5, 0.6) is 5.75 Å². The van der Waals surface area contributed by atoms with Gasteiger partial charge in [0, 0.05) is 5.56 Å². The molecule has 20 heavy (non-hydrogen) atoms. The zero-order valence-electron chi connectivity index (χ0n) is 11.2. The fraction of sp³-hybridized carbons (Fsp3) is 0.462. The molecule has 0 aliphatic rings. The Hall–Kier alpha value is -1.76. The third kappa shape index (κ3) is 2.72. The van der Waals surface area contributed by atoms with Gasteiger partial charge in [-0.15, -0.1) is 0 Å². The summed E-state index contributed by atoms with van der Waals surface area (Å²) in [6, 6.07) is 3.28. The van der Waals surface area contributed by atoms with Gasteiger partial charge in [-0.3, -0.25) is 0 Å². The Kier molecular flexibility index (Phi) is 4.65. The van der Waals surface area contributed by atoms with E-state index in [4.69, 9.17) is 4.74 Å². The normalized spacial score (nSPS) is 14.6. The Morgan fingerprint density at radius 1 is 1.35 bits per heavy atom. The lowest BCUT2D eigenvalue weighted by molar-refractivity contribution is -0.267. The van der Waals surface area contributed by atoms with Crippen molar-refractivity contribution < 1.29 is 32.5 Å². The van der Waals surface area contributed by atoms with E-state index < -0.39 is 23.3 Å². The number of hydrogen-bond donors (Lipinski definition) is 1. The van der Waals surface area contributed by atoms with Crippen LogP contribution >= 0.6 is 0 Å². The Balaban J connectivity index is 3.39. The maximum atomic E-state index is 13.1. The van der Waals surface area contributed by atoms with Crippen molar-refractivity contribution in [2.45, 2.75) is 25.6 Å². The van der Waals surface area contributed by atoms with Gasteiger partial charge in [-0.2, -0.15) is 13.2 Å². The number of carbonyl (C=O) groups is 1. The van der Waals surface area contributed by atoms with Gasteiger partial charge >= 0.3 is 12.1 Å². The van der Waals surface area contributed by atoms with Gasteiger partial charge in [0.05, 0.1) is 13.7 Å². The molecule has 0 spiro atoms. The van der Waals surface area contributed by atoms with Gasteiger partial charge in [-0.1, -0.05) is 6.07 Å². The van der Waals surface area contributed by atoms with Crippen LogP contribution in [0.25, 0.3) is 0 Å². The first-order chi connectivity index (χ1) is 9.18. The zero-order valence-corrected chi connectivity index (χ0v) is 11.2. The molecule has 0 amide bonds. The molecule has 1 atom stereocenters. The third-order valence-corrected chi connectivity index (χ3v) is 2.79. The van der Waals surface area contributed by atoms with Crippen molar-refractivity contribution >= 4 is 5.97 Å². The van der Waals surface area contributed by atoms with Crippen molar-refractivity contribution in [3.8, 4) is 5.75 Å². The molecule has 0 saturated heterocycles. The van der Waals surface area contributed by atoms with Crippen LogP contribution < -0.4 is 4.74 Å². The Morgan fingerprint density at radius 2 is 1.95 bits per heavy atom. The monoisotopic (exact) mass is 292 g/mol. The molecule has 0 saturated carbocycles. The minimum absolute atomic E-state index is 0.271. The molecule has 0 aromatic heterocycles. The predicted molar refractivity (Wildman–Crippen MR) is 64.3 cm³/mol. The van der Waals surface area contributed by atoms with E-state index in [9.17, 15) is 23.1 Å². The van der Waals surface area contributed by atoms with Gasteiger partial charge < -0.3 is 14.6 Å². The van der Waals surface area contributed by atoms with Crippen LogP contribution in [-0.4, -0.2) is 31.0 Å². The molecule has 0 bridgehead atoms. The summed E-state index contributed by atoms with van der Waals surface area (Å²) in [5.41, 5.74) is -3.95. The zero-order chi connectivity index (χ0) is 15.6. The summed E-state index contributed by atoms with van der Waals surface area (Å²) >= 11 is 0. The molecule has 0 unspecified atom stereocenters. The number of halogens is 3. The molecule has 7 heteroatoms. The van der Waals surface area contributed by atoms with E-state index in [1.165, 1.54) is 27.0 Å². The molecule has 0 fully saturated rings. The van der Waals surface area contributed by atoms with E-state index in [0.717, 1.165) is 12.1 Å². The van der Waals surface area contributed by atoms with Gasteiger partial charge in [0.2, 0.25) is 0 Å². The number of aliphatic hydroxyl groups is 1. The maximum absolute atomic E-state index is 13.1. The minimum atomic E-state index is -5.19. The quantitative estimate of drug-likeness (QED) is 0.865. The molecule has 0 aliphatic carbocycles. The van der Waals surface area contributed by atoms with E-state index in [1.54, 1.807) is 0 Å². The second kappa shape index (κ2) is 5.70. The third-order valence-electron chi connectivity index (χ3n) is 2.79. The lowest BCUT2D eigenvalue weighted by Crippen LogP contribution is -2.50. The number of esters is 1. The maximum Gasteiger partial charge on any atom is 0.432 e. The first-order valence-corrected chi connectivity index (χ1v) is 5.79. The fourth-order valence-electron chi connectivity index (χ4n) is 1.74. The summed E-state index contributed by atoms with van der Waals surface area (Å²) in [6.07, 6.45) is -5.19. The van der Waals surface area contributed by atoms with Crippen molar-refractivity contribution in [1.29, 1.82) is 0 Å². The molecule has 0 radical (unpaired) electrons. The van der Waals surface area contributed by atoms with E-state index in [-0.39, 0.29) is 6.61 Å². The average Bonchev–Trinajstić information content (AvgIpc) is 2.36. The van der Waals surface area contributed by atoms with Crippen molar-refractivity contribution in [2.75, 3.05) is 13.7 Å². The Labute approximate surface area is 114 Å². The van der Waals surface area contributed by atoms with Crippen molar-refractivity contribution in [3.63, 3.8) is 0 Å². The number of methoxy groups -OCH3 is 1. The molecule has 112 valence electrons. The van der Waals surface area contributed by atoms with Gasteiger partial charge in [-0.25, -0.2) is 4.79 Å². The van der Waals surface area contributed by atoms with Crippen LogP contribution in [0, 0.1) is 6.92 Å². The highest BCUT2D eigenvalue weighted by molar-refractivity contribution is 5.82. The van der Waals surface area contributed by atoms with E-state index in [0.29, 0.717) is 11.3 Å². The largest absolute Gasteiger partial charge is 0.496 e. The smallest absolute Gasteiger partial charge is 0.432 e. The van der Waals surface area contributed by atoms with Gasteiger partial charge in [0.25, 0.3) is 5.60 Å². The first kappa shape index (κ1) is 16.3. The number of carbonyl (C=O) groups excluding carboxylic acids is 1. The summed E-state index contributed by atoms with van der Waals surface area (Å²) in [5.74, 6) is -1.40. The summed E-state index contributed by atoms with van der Waals surface area (Å²) < 4.78 is 48.6. The number of aryl methyl sites for hydroxylation is 1. The Morgan fingerprint density at radius 3 is 2.35 bits per heavy atom. The van der Waals surface area contributed by atoms with Gasteiger partial charge in [-0.05, 0) is 31.5 Å². The molecule has 0 heterocycles. The number of ether oxygens (including phenoxy) is 2. The van der Waals surface area contributed by atoms with Crippen LogP contribution in [0.1, 0.15) is 18.1 Å². The van der Waals surface area contributed by atoms with Crippen LogP contribution in [0.2, 0.25) is 0 Å². The topological polar surface area (TPSA) is 55.8 Å². The first-order valence-electron chi connectivity index (χ1n) is 5.79. The van der Waals surface area contributed by atoms with Crippen molar-refractivity contribution in [3.05, 3.63) is 29.3 Å². The van der Waals surface area contributed by atoms with Crippen LogP contribution in [0.4, 0.5) is 13.2 Å². The Bertz CT molecular complexity index is 499.